The Hall–Kier alpha value is -3.48. The van der Waals surface area contributed by atoms with E-state index in [-0.39, 0.29) is 11.9 Å². The number of para-hydroxylation sites is 1. The highest BCUT2D eigenvalue weighted by Crippen LogP contribution is 2.40. The summed E-state index contributed by atoms with van der Waals surface area (Å²) in [6, 6.07) is 14.2. The molecule has 0 saturated heterocycles. The Morgan fingerprint density at radius 1 is 1.22 bits per heavy atom. The van der Waals surface area contributed by atoms with Crippen molar-refractivity contribution in [1.82, 2.24) is 29.9 Å². The van der Waals surface area contributed by atoms with E-state index in [9.17, 15) is 4.79 Å². The molecule has 1 amide bonds. The normalized spacial score (nSPS) is 14.6. The molecule has 7 heteroatoms. The molecule has 0 bridgehead atoms. The smallest absolute Gasteiger partial charge is 0.252 e. The zero-order valence-corrected chi connectivity index (χ0v) is 18.5. The summed E-state index contributed by atoms with van der Waals surface area (Å²) in [6.45, 7) is 4.68. The number of nitrogens with zero attached hydrogens (tertiary/aromatic N) is 5. The topological polar surface area (TPSA) is 77.6 Å². The number of rotatable bonds is 8. The van der Waals surface area contributed by atoms with E-state index in [1.54, 1.807) is 6.20 Å². The number of benzene rings is 1. The zero-order chi connectivity index (χ0) is 22.1. The van der Waals surface area contributed by atoms with Gasteiger partial charge < -0.3 is 5.32 Å². The molecule has 5 rings (SSSR count). The first-order valence-corrected chi connectivity index (χ1v) is 11.4. The van der Waals surface area contributed by atoms with Crippen molar-refractivity contribution in [3.63, 3.8) is 0 Å². The third-order valence-electron chi connectivity index (χ3n) is 6.21. The maximum Gasteiger partial charge on any atom is 0.252 e. The van der Waals surface area contributed by atoms with Crippen molar-refractivity contribution in [1.29, 1.82) is 0 Å². The average molecular weight is 429 g/mol. The summed E-state index contributed by atoms with van der Waals surface area (Å²) in [5.74, 6) is 0.375. The summed E-state index contributed by atoms with van der Waals surface area (Å²) in [5.41, 5.74) is 4.17. The van der Waals surface area contributed by atoms with E-state index in [2.05, 4.69) is 17.3 Å². The molecular weight excluding hydrogens is 400 g/mol. The van der Waals surface area contributed by atoms with Crippen LogP contribution in [0.15, 0.2) is 54.9 Å². The highest BCUT2D eigenvalue weighted by Gasteiger charge is 2.29. The molecule has 3 aromatic heterocycles. The van der Waals surface area contributed by atoms with Crippen LogP contribution in [-0.2, 0) is 0 Å². The predicted octanol–water partition coefficient (Wildman–Crippen LogP) is 4.57. The molecule has 0 spiro atoms. The second-order valence-electron chi connectivity index (χ2n) is 8.49. The molecule has 1 unspecified atom stereocenters. The van der Waals surface area contributed by atoms with E-state index in [0.29, 0.717) is 18.0 Å². The SMILES string of the molecule is CCC(CCNC(=O)c1cc(C2CC2)nc2c1c(C)nn2-c1ccccc1)n1cccn1. The van der Waals surface area contributed by atoms with Crippen molar-refractivity contribution in [2.75, 3.05) is 6.54 Å². The number of hydrogen-bond donors (Lipinski definition) is 1. The third kappa shape index (κ3) is 3.90. The molecule has 7 nitrogen and oxygen atoms in total. The monoisotopic (exact) mass is 428 g/mol. The van der Waals surface area contributed by atoms with Gasteiger partial charge in [0, 0.05) is 30.6 Å². The summed E-state index contributed by atoms with van der Waals surface area (Å²) in [4.78, 5) is 18.3. The number of amides is 1. The molecule has 1 aromatic carbocycles. The Kier molecular flexibility index (Phi) is 5.47. The van der Waals surface area contributed by atoms with Crippen molar-refractivity contribution in [3.05, 3.63) is 71.8 Å². The van der Waals surface area contributed by atoms with Crippen molar-refractivity contribution in [2.24, 2.45) is 0 Å². The van der Waals surface area contributed by atoms with Gasteiger partial charge in [-0.25, -0.2) is 9.67 Å². The number of pyridine rings is 1. The van der Waals surface area contributed by atoms with Gasteiger partial charge in [-0.05, 0) is 56.9 Å². The van der Waals surface area contributed by atoms with Gasteiger partial charge in [0.2, 0.25) is 0 Å². The predicted molar refractivity (Wildman–Crippen MR) is 124 cm³/mol. The van der Waals surface area contributed by atoms with Crippen LogP contribution in [0.2, 0.25) is 0 Å². The molecule has 164 valence electrons. The molecule has 1 N–H and O–H groups in total. The van der Waals surface area contributed by atoms with Crippen LogP contribution >= 0.6 is 0 Å². The molecule has 32 heavy (non-hydrogen) atoms. The van der Waals surface area contributed by atoms with E-state index >= 15 is 0 Å². The van der Waals surface area contributed by atoms with Gasteiger partial charge in [-0.3, -0.25) is 9.48 Å². The standard InChI is InChI=1S/C25H28N6O/c1-3-19(30-15-7-13-27-30)12-14-26-25(32)21-16-22(18-10-11-18)28-24-23(21)17(2)29-31(24)20-8-5-4-6-9-20/h4-9,13,15-16,18-19H,3,10-12,14H2,1-2H3,(H,26,32). The Balaban J connectivity index is 1.45. The lowest BCUT2D eigenvalue weighted by atomic mass is 10.1. The fourth-order valence-electron chi connectivity index (χ4n) is 4.29. The van der Waals surface area contributed by atoms with Gasteiger partial charge in [0.25, 0.3) is 5.91 Å². The Morgan fingerprint density at radius 2 is 2.03 bits per heavy atom. The van der Waals surface area contributed by atoms with E-state index in [4.69, 9.17) is 10.1 Å². The van der Waals surface area contributed by atoms with Gasteiger partial charge in [-0.1, -0.05) is 25.1 Å². The zero-order valence-electron chi connectivity index (χ0n) is 18.5. The Labute approximate surface area is 187 Å². The molecule has 3 heterocycles. The van der Waals surface area contributed by atoms with Crippen LogP contribution in [0.1, 0.15) is 66.3 Å². The molecular formula is C25H28N6O. The third-order valence-corrected chi connectivity index (χ3v) is 6.21. The van der Waals surface area contributed by atoms with Crippen LogP contribution in [0.5, 0.6) is 0 Å². The largest absolute Gasteiger partial charge is 0.352 e. The average Bonchev–Trinajstić information content (AvgIpc) is 3.43. The highest BCUT2D eigenvalue weighted by atomic mass is 16.1. The number of nitrogens with one attached hydrogen (secondary N) is 1. The van der Waals surface area contributed by atoms with Crippen LogP contribution in [0, 0.1) is 6.92 Å². The van der Waals surface area contributed by atoms with Gasteiger partial charge in [0.1, 0.15) is 0 Å². The number of aryl methyl sites for hydroxylation is 1. The number of carbonyl (C=O) groups excluding carboxylic acids is 1. The van der Waals surface area contributed by atoms with E-state index in [1.165, 1.54) is 0 Å². The molecule has 0 aliphatic heterocycles. The van der Waals surface area contributed by atoms with Crippen molar-refractivity contribution in [3.8, 4) is 5.69 Å². The maximum atomic E-state index is 13.3. The number of aromatic nitrogens is 5. The lowest BCUT2D eigenvalue weighted by molar-refractivity contribution is 0.0952. The maximum absolute atomic E-state index is 13.3. The Morgan fingerprint density at radius 3 is 2.72 bits per heavy atom. The van der Waals surface area contributed by atoms with Gasteiger partial charge in [0.05, 0.1) is 28.4 Å². The lowest BCUT2D eigenvalue weighted by Crippen LogP contribution is -2.27. The van der Waals surface area contributed by atoms with E-state index < -0.39 is 0 Å². The van der Waals surface area contributed by atoms with E-state index in [1.807, 2.05) is 64.9 Å². The van der Waals surface area contributed by atoms with Crippen molar-refractivity contribution < 1.29 is 4.79 Å². The van der Waals surface area contributed by atoms with Gasteiger partial charge in [-0.15, -0.1) is 0 Å². The fraction of sp³-hybridized carbons (Fsp3) is 0.360. The minimum absolute atomic E-state index is 0.0645. The second-order valence-corrected chi connectivity index (χ2v) is 8.49. The second kappa shape index (κ2) is 8.57. The summed E-state index contributed by atoms with van der Waals surface area (Å²) >= 11 is 0. The van der Waals surface area contributed by atoms with Gasteiger partial charge in [-0.2, -0.15) is 10.2 Å². The molecule has 1 aliphatic carbocycles. The van der Waals surface area contributed by atoms with Crippen LogP contribution in [0.3, 0.4) is 0 Å². The number of fused-ring (bicyclic) bond motifs is 1. The van der Waals surface area contributed by atoms with Crippen molar-refractivity contribution >= 4 is 16.9 Å². The molecule has 1 fully saturated rings. The van der Waals surface area contributed by atoms with Crippen LogP contribution < -0.4 is 5.32 Å². The molecule has 1 atom stereocenters. The quantitative estimate of drug-likeness (QED) is 0.446. The van der Waals surface area contributed by atoms with Gasteiger partial charge >= 0.3 is 0 Å². The summed E-state index contributed by atoms with van der Waals surface area (Å²) in [5, 5.41) is 13.1. The molecule has 1 saturated carbocycles. The Bertz CT molecular complexity index is 1220. The molecule has 0 radical (unpaired) electrons. The minimum Gasteiger partial charge on any atom is -0.352 e. The van der Waals surface area contributed by atoms with E-state index in [0.717, 1.165) is 53.8 Å². The first kappa shape index (κ1) is 20.4. The first-order chi connectivity index (χ1) is 15.7. The molecule has 4 aromatic rings. The number of hydrogen-bond acceptors (Lipinski definition) is 4. The minimum atomic E-state index is -0.0645. The van der Waals surface area contributed by atoms with Crippen LogP contribution in [0.25, 0.3) is 16.7 Å². The van der Waals surface area contributed by atoms with Crippen LogP contribution in [-0.4, -0.2) is 37.0 Å². The lowest BCUT2D eigenvalue weighted by Gasteiger charge is -2.16. The fourth-order valence-corrected chi connectivity index (χ4v) is 4.29. The summed E-state index contributed by atoms with van der Waals surface area (Å²) < 4.78 is 3.83. The van der Waals surface area contributed by atoms with Crippen molar-refractivity contribution in [2.45, 2.75) is 51.5 Å². The summed E-state index contributed by atoms with van der Waals surface area (Å²) in [7, 11) is 0. The molecule has 1 aliphatic rings. The van der Waals surface area contributed by atoms with Gasteiger partial charge in [0.15, 0.2) is 5.65 Å². The van der Waals surface area contributed by atoms with Crippen LogP contribution in [0.4, 0.5) is 0 Å². The highest BCUT2D eigenvalue weighted by molar-refractivity contribution is 6.06. The number of carbonyl (C=O) groups is 1. The summed E-state index contributed by atoms with van der Waals surface area (Å²) in [6.07, 6.45) is 7.81. The first-order valence-electron chi connectivity index (χ1n) is 11.4.